The number of likely N-dealkylation sites (tertiary alicyclic amines) is 1. The average Bonchev–Trinajstić information content (AvgIpc) is 3.16. The van der Waals surface area contributed by atoms with Crippen molar-refractivity contribution in [2.24, 2.45) is 0 Å². The zero-order valence-electron chi connectivity index (χ0n) is 18.9. The molecule has 0 radical (unpaired) electrons. The topological polar surface area (TPSA) is 83.5 Å². The Labute approximate surface area is 183 Å². The SMILES string of the molecule is COc1ccc(C(=O)OC/C=C/[C@@H]2[C@H]3OC(C)(C)O[C@H]3CN2C(=O)OC(C)(C)C)cc1. The second-order valence-electron chi connectivity index (χ2n) is 9.02. The Hall–Kier alpha value is -2.58. The highest BCUT2D eigenvalue weighted by Crippen LogP contribution is 2.37. The molecule has 0 N–H and O–H groups in total. The molecule has 1 aromatic carbocycles. The number of ether oxygens (including phenoxy) is 5. The molecular formula is C23H31NO7. The summed E-state index contributed by atoms with van der Waals surface area (Å²) >= 11 is 0. The average molecular weight is 434 g/mol. The van der Waals surface area contributed by atoms with Crippen molar-refractivity contribution >= 4 is 12.1 Å². The molecule has 2 fully saturated rings. The van der Waals surface area contributed by atoms with E-state index in [4.69, 9.17) is 23.7 Å². The molecule has 170 valence electrons. The summed E-state index contributed by atoms with van der Waals surface area (Å²) in [4.78, 5) is 26.5. The van der Waals surface area contributed by atoms with Gasteiger partial charge in [0, 0.05) is 0 Å². The zero-order valence-corrected chi connectivity index (χ0v) is 18.9. The Morgan fingerprint density at radius 1 is 1.19 bits per heavy atom. The van der Waals surface area contributed by atoms with Gasteiger partial charge in [0.25, 0.3) is 0 Å². The van der Waals surface area contributed by atoms with Gasteiger partial charge in [-0.2, -0.15) is 0 Å². The fourth-order valence-corrected chi connectivity index (χ4v) is 3.65. The maximum atomic E-state index is 12.7. The first kappa shape index (κ1) is 23.1. The molecule has 0 saturated carbocycles. The molecular weight excluding hydrogens is 402 g/mol. The van der Waals surface area contributed by atoms with Gasteiger partial charge < -0.3 is 23.7 Å². The molecule has 3 rings (SSSR count). The molecule has 1 amide bonds. The van der Waals surface area contributed by atoms with E-state index in [9.17, 15) is 9.59 Å². The maximum absolute atomic E-state index is 12.7. The van der Waals surface area contributed by atoms with E-state index in [2.05, 4.69) is 0 Å². The predicted octanol–water partition coefficient (Wildman–Crippen LogP) is 3.55. The first-order valence-electron chi connectivity index (χ1n) is 10.3. The van der Waals surface area contributed by atoms with Crippen molar-refractivity contribution in [3.63, 3.8) is 0 Å². The van der Waals surface area contributed by atoms with Gasteiger partial charge >= 0.3 is 12.1 Å². The lowest BCUT2D eigenvalue weighted by molar-refractivity contribution is -0.158. The number of hydrogen-bond acceptors (Lipinski definition) is 7. The minimum absolute atomic E-state index is 0.0607. The van der Waals surface area contributed by atoms with Crippen molar-refractivity contribution < 1.29 is 33.3 Å². The summed E-state index contributed by atoms with van der Waals surface area (Å²) < 4.78 is 27.9. The smallest absolute Gasteiger partial charge is 0.410 e. The number of methoxy groups -OCH3 is 1. The first-order valence-corrected chi connectivity index (χ1v) is 10.3. The molecule has 2 saturated heterocycles. The summed E-state index contributed by atoms with van der Waals surface area (Å²) in [6.07, 6.45) is 2.51. The first-order chi connectivity index (χ1) is 14.5. The quantitative estimate of drug-likeness (QED) is 0.519. The van der Waals surface area contributed by atoms with Crippen LogP contribution in [0.2, 0.25) is 0 Å². The van der Waals surface area contributed by atoms with Crippen LogP contribution in [0, 0.1) is 0 Å². The van der Waals surface area contributed by atoms with Crippen molar-refractivity contribution in [2.45, 2.75) is 64.3 Å². The number of nitrogens with zero attached hydrogens (tertiary/aromatic N) is 1. The normalized spacial score (nSPS) is 24.8. The van der Waals surface area contributed by atoms with Gasteiger partial charge in [-0.15, -0.1) is 0 Å². The fraction of sp³-hybridized carbons (Fsp3) is 0.565. The van der Waals surface area contributed by atoms with Crippen molar-refractivity contribution in [1.29, 1.82) is 0 Å². The van der Waals surface area contributed by atoms with E-state index >= 15 is 0 Å². The summed E-state index contributed by atoms with van der Waals surface area (Å²) in [5.74, 6) is -0.499. The standard InChI is InChI=1S/C23H31NO7/c1-22(2,3)31-21(26)24-14-18-19(30-23(4,5)29-18)17(24)8-7-13-28-20(25)15-9-11-16(27-6)12-10-15/h7-12,17-19H,13-14H2,1-6H3/b8-7+/t17-,18+,19-/m1/s1. The molecule has 2 heterocycles. The third-order valence-corrected chi connectivity index (χ3v) is 4.89. The van der Waals surface area contributed by atoms with Crippen LogP contribution in [0.15, 0.2) is 36.4 Å². The van der Waals surface area contributed by atoms with E-state index in [0.717, 1.165) is 0 Å². The van der Waals surface area contributed by atoms with Gasteiger partial charge in [0.05, 0.1) is 25.3 Å². The lowest BCUT2D eigenvalue weighted by atomic mass is 10.1. The number of benzene rings is 1. The van der Waals surface area contributed by atoms with Gasteiger partial charge in [0.1, 0.15) is 30.2 Å². The van der Waals surface area contributed by atoms with E-state index in [1.807, 2.05) is 34.6 Å². The molecule has 3 atom stereocenters. The van der Waals surface area contributed by atoms with Crippen LogP contribution in [0.4, 0.5) is 4.79 Å². The molecule has 8 heteroatoms. The van der Waals surface area contributed by atoms with Crippen molar-refractivity contribution in [2.75, 3.05) is 20.3 Å². The van der Waals surface area contributed by atoms with Crippen LogP contribution in [0.1, 0.15) is 45.0 Å². The Bertz CT molecular complexity index is 825. The third kappa shape index (κ3) is 5.77. The molecule has 2 aliphatic rings. The van der Waals surface area contributed by atoms with Crippen LogP contribution in [-0.4, -0.2) is 66.9 Å². The van der Waals surface area contributed by atoms with Crippen LogP contribution in [0.3, 0.4) is 0 Å². The number of carbonyl (C=O) groups is 2. The molecule has 2 aliphatic heterocycles. The summed E-state index contributed by atoms with van der Waals surface area (Å²) in [7, 11) is 1.56. The van der Waals surface area contributed by atoms with E-state index in [-0.39, 0.29) is 24.9 Å². The molecule has 0 aliphatic carbocycles. The van der Waals surface area contributed by atoms with Gasteiger partial charge in [-0.1, -0.05) is 6.08 Å². The molecule has 0 unspecified atom stereocenters. The molecule has 8 nitrogen and oxygen atoms in total. The Morgan fingerprint density at radius 3 is 2.48 bits per heavy atom. The fourth-order valence-electron chi connectivity index (χ4n) is 3.65. The van der Waals surface area contributed by atoms with Gasteiger partial charge in [-0.25, -0.2) is 9.59 Å². The third-order valence-electron chi connectivity index (χ3n) is 4.89. The van der Waals surface area contributed by atoms with Crippen molar-refractivity contribution in [3.8, 4) is 5.75 Å². The molecule has 0 bridgehead atoms. The summed E-state index contributed by atoms with van der Waals surface area (Å²) in [6, 6.07) is 6.29. The highest BCUT2D eigenvalue weighted by molar-refractivity contribution is 5.89. The summed E-state index contributed by atoms with van der Waals surface area (Å²) in [6.45, 7) is 9.58. The monoisotopic (exact) mass is 433 g/mol. The van der Waals surface area contributed by atoms with Crippen LogP contribution in [0.5, 0.6) is 5.75 Å². The number of rotatable bonds is 5. The van der Waals surface area contributed by atoms with Crippen molar-refractivity contribution in [3.05, 3.63) is 42.0 Å². The highest BCUT2D eigenvalue weighted by Gasteiger charge is 2.53. The minimum Gasteiger partial charge on any atom is -0.497 e. The number of hydrogen-bond donors (Lipinski definition) is 0. The Morgan fingerprint density at radius 2 is 1.87 bits per heavy atom. The molecule has 1 aromatic rings. The van der Waals surface area contributed by atoms with E-state index in [0.29, 0.717) is 17.9 Å². The van der Waals surface area contributed by atoms with Gasteiger partial charge in [-0.05, 0) is 65.0 Å². The zero-order chi connectivity index (χ0) is 22.8. The van der Waals surface area contributed by atoms with Crippen LogP contribution >= 0.6 is 0 Å². The van der Waals surface area contributed by atoms with Crippen molar-refractivity contribution in [1.82, 2.24) is 4.90 Å². The van der Waals surface area contributed by atoms with E-state index in [1.54, 1.807) is 48.4 Å². The summed E-state index contributed by atoms with van der Waals surface area (Å²) in [5, 5.41) is 0. The number of amides is 1. The summed E-state index contributed by atoms with van der Waals surface area (Å²) in [5.41, 5.74) is -0.183. The highest BCUT2D eigenvalue weighted by atomic mass is 16.8. The molecule has 0 aromatic heterocycles. The van der Waals surface area contributed by atoms with Crippen LogP contribution < -0.4 is 4.74 Å². The van der Waals surface area contributed by atoms with Crippen LogP contribution in [0.25, 0.3) is 0 Å². The molecule has 31 heavy (non-hydrogen) atoms. The lowest BCUT2D eigenvalue weighted by Crippen LogP contribution is -2.43. The van der Waals surface area contributed by atoms with E-state index < -0.39 is 23.5 Å². The van der Waals surface area contributed by atoms with Gasteiger partial charge in [-0.3, -0.25) is 4.90 Å². The minimum atomic E-state index is -0.720. The Balaban J connectivity index is 1.64. The molecule has 0 spiro atoms. The van der Waals surface area contributed by atoms with Gasteiger partial charge in [0.2, 0.25) is 0 Å². The second kappa shape index (κ2) is 8.88. The van der Waals surface area contributed by atoms with Crippen LogP contribution in [-0.2, 0) is 18.9 Å². The maximum Gasteiger partial charge on any atom is 0.410 e. The van der Waals surface area contributed by atoms with Gasteiger partial charge in [0.15, 0.2) is 5.79 Å². The largest absolute Gasteiger partial charge is 0.497 e. The van der Waals surface area contributed by atoms with E-state index in [1.165, 1.54) is 0 Å². The number of esters is 1. The lowest BCUT2D eigenvalue weighted by Gasteiger charge is -2.30. The predicted molar refractivity (Wildman–Crippen MR) is 113 cm³/mol. The number of carbonyl (C=O) groups excluding carboxylic acids is 2. The Kier molecular flexibility index (Phi) is 6.62. The second-order valence-corrected chi connectivity index (χ2v) is 9.02. The number of fused-ring (bicyclic) bond motifs is 1.